The first-order chi connectivity index (χ1) is 35.0. The highest BCUT2D eigenvalue weighted by molar-refractivity contribution is 7.98. The molecule has 2 fully saturated rings. The Balaban J connectivity index is 1.52. The summed E-state index contributed by atoms with van der Waals surface area (Å²) in [5.74, 6) is -39.3. The summed E-state index contributed by atoms with van der Waals surface area (Å²) in [4.78, 5) is 9.32. The van der Waals surface area contributed by atoms with Crippen LogP contribution in [0.2, 0.25) is 0 Å². The number of fused-ring (bicyclic) bond motifs is 9. The molecule has 0 aliphatic carbocycles. The van der Waals surface area contributed by atoms with Gasteiger partial charge in [0.1, 0.15) is 9.80 Å². The van der Waals surface area contributed by atoms with Gasteiger partial charge in [0, 0.05) is 64.9 Å². The van der Waals surface area contributed by atoms with Crippen molar-refractivity contribution in [2.45, 2.75) is 43.4 Å². The van der Waals surface area contributed by atoms with Gasteiger partial charge in [0.15, 0.2) is 69.8 Å². The average Bonchev–Trinajstić information content (AvgIpc) is 4.25. The van der Waals surface area contributed by atoms with Crippen molar-refractivity contribution < 1.29 is 82.7 Å². The molecule has 7 aromatic rings. The summed E-state index contributed by atoms with van der Waals surface area (Å²) in [6.45, 7) is -0.895. The second kappa shape index (κ2) is 18.2. The van der Waals surface area contributed by atoms with Crippen LogP contribution in [0.25, 0.3) is 77.5 Å². The third kappa shape index (κ3) is 7.66. The molecule has 0 spiro atoms. The van der Waals surface area contributed by atoms with Gasteiger partial charge in [-0.05, 0) is 62.1 Å². The number of piperidine rings is 2. The van der Waals surface area contributed by atoms with E-state index in [0.717, 1.165) is 8.61 Å². The summed E-state index contributed by atoms with van der Waals surface area (Å²) in [7, 11) is -10.2. The van der Waals surface area contributed by atoms with Crippen molar-refractivity contribution in [1.82, 2.24) is 28.5 Å². The number of halogens is 15. The minimum Gasteiger partial charge on any atom is -0.354 e. The largest absolute Gasteiger partial charge is 0.354 e. The van der Waals surface area contributed by atoms with Crippen molar-refractivity contribution in [2.24, 2.45) is 0 Å². The van der Waals surface area contributed by atoms with Crippen LogP contribution in [0.15, 0.2) is 35.2 Å². The zero-order chi connectivity index (χ0) is 53.2. The number of benzene rings is 3. The second-order valence-corrected chi connectivity index (χ2v) is 21.0. The van der Waals surface area contributed by atoms with Crippen LogP contribution in [-0.2, 0) is 20.0 Å². The molecule has 10 nitrogen and oxygen atoms in total. The van der Waals surface area contributed by atoms with Crippen molar-refractivity contribution >= 4 is 64.1 Å². The third-order valence-electron chi connectivity index (χ3n) is 13.0. The van der Waals surface area contributed by atoms with Crippen LogP contribution in [0, 0.1) is 87.3 Å². The Kier molecular flexibility index (Phi) is 12.5. The topological polar surface area (TPSA) is 135 Å². The Morgan fingerprint density at radius 2 is 0.716 bits per heavy atom. The number of nitrogens with one attached hydrogen (secondary N) is 3. The van der Waals surface area contributed by atoms with Crippen LogP contribution in [0.3, 0.4) is 0 Å². The number of aromatic nitrogens is 4. The van der Waals surface area contributed by atoms with Gasteiger partial charge in [0.05, 0.1) is 39.1 Å². The number of H-pyrrole nitrogens is 3. The molecule has 0 saturated carbocycles. The highest BCUT2D eigenvalue weighted by Gasteiger charge is 2.39. The Hall–Kier alpha value is -6.84. The molecule has 0 atom stereocenters. The number of aromatic amines is 3. The fourth-order valence-electron chi connectivity index (χ4n) is 9.40. The summed E-state index contributed by atoms with van der Waals surface area (Å²) in [5, 5.41) is 0. The van der Waals surface area contributed by atoms with E-state index in [9.17, 15) is 30.0 Å². The minimum absolute atomic E-state index is 0.221. The molecule has 0 radical (unpaired) electrons. The predicted octanol–water partition coefficient (Wildman–Crippen LogP) is 12.1. The quantitative estimate of drug-likeness (QED) is 0.0830. The van der Waals surface area contributed by atoms with Gasteiger partial charge in [-0.3, -0.25) is 0 Å². The lowest BCUT2D eigenvalue weighted by atomic mass is 10.0. The lowest BCUT2D eigenvalue weighted by molar-refractivity contribution is 0.347. The first-order valence-electron chi connectivity index (χ1n) is 22.0. The van der Waals surface area contributed by atoms with E-state index in [0.29, 0.717) is 49.2 Å². The first-order valence-corrected chi connectivity index (χ1v) is 24.8. The molecule has 3 aromatic carbocycles. The molecule has 10 rings (SSSR count). The van der Waals surface area contributed by atoms with Gasteiger partial charge < -0.3 is 15.0 Å². The van der Waals surface area contributed by atoms with Crippen molar-refractivity contribution in [3.63, 3.8) is 0 Å². The van der Waals surface area contributed by atoms with Crippen LogP contribution in [0.1, 0.15) is 49.9 Å². The minimum atomic E-state index is -5.09. The van der Waals surface area contributed by atoms with Gasteiger partial charge in [0.25, 0.3) is 0 Å². The zero-order valence-corrected chi connectivity index (χ0v) is 38.6. The van der Waals surface area contributed by atoms with Crippen LogP contribution < -0.4 is 0 Å². The van der Waals surface area contributed by atoms with E-state index in [4.69, 9.17) is 0 Å². The molecule has 74 heavy (non-hydrogen) atoms. The van der Waals surface area contributed by atoms with E-state index in [1.54, 1.807) is 0 Å². The molecular formula is C47H29F15N6O4S2. The second-order valence-electron chi connectivity index (χ2n) is 17.2. The average molecular weight is 1090 g/mol. The van der Waals surface area contributed by atoms with Crippen molar-refractivity contribution in [2.75, 3.05) is 26.2 Å². The van der Waals surface area contributed by atoms with Crippen LogP contribution in [-0.4, -0.2) is 71.6 Å². The normalized spacial score (nSPS) is 15.7. The van der Waals surface area contributed by atoms with Crippen LogP contribution in [0.5, 0.6) is 0 Å². The molecule has 27 heteroatoms. The number of sulfonamides is 2. The first kappa shape index (κ1) is 50.7. The van der Waals surface area contributed by atoms with Gasteiger partial charge in [-0.1, -0.05) is 12.8 Å². The zero-order valence-electron chi connectivity index (χ0n) is 37.0. The number of hydrogen-bond acceptors (Lipinski definition) is 5. The maximum Gasteiger partial charge on any atom is 0.245 e. The molecule has 3 aliphatic rings. The summed E-state index contributed by atoms with van der Waals surface area (Å²) >= 11 is 0. The van der Waals surface area contributed by atoms with E-state index in [1.165, 1.54) is 0 Å². The van der Waals surface area contributed by atoms with Crippen LogP contribution >= 0.6 is 0 Å². The molecule has 4 aromatic heterocycles. The lowest BCUT2D eigenvalue weighted by Crippen LogP contribution is -2.35. The van der Waals surface area contributed by atoms with Gasteiger partial charge in [0.2, 0.25) is 37.5 Å². The lowest BCUT2D eigenvalue weighted by Gasteiger charge is -2.26. The Morgan fingerprint density at radius 1 is 0.378 bits per heavy atom. The van der Waals surface area contributed by atoms with Gasteiger partial charge in [-0.2, -0.15) is 8.61 Å². The SMILES string of the molecule is O=S(=O)(C1=Cc2nc1c(-c1c(F)c(F)c(F)c(F)c1F)c1ccc([nH]1)c(-c1c(F)c(F)c(F)c(F)c1F)c1ccc([nH]1)c(-c1c(F)c(F)c(F)c(F)c1F)c1[nH]c2cc1S(=O)(=O)N1CCCCC1)N1CCCCC1. The smallest absolute Gasteiger partial charge is 0.245 e. The van der Waals surface area contributed by atoms with E-state index in [2.05, 4.69) is 19.9 Å². The van der Waals surface area contributed by atoms with E-state index < -0.39 is 195 Å². The monoisotopic (exact) mass is 1090 g/mol. The summed E-state index contributed by atoms with van der Waals surface area (Å²) in [6, 6.07) is 3.47. The molecule has 0 amide bonds. The maximum atomic E-state index is 16.4. The Labute approximate surface area is 406 Å². The molecule has 2 saturated heterocycles. The number of hydrogen-bond donors (Lipinski definition) is 3. The fraction of sp³-hybridized carbons (Fsp3) is 0.213. The van der Waals surface area contributed by atoms with Gasteiger partial charge >= 0.3 is 0 Å². The van der Waals surface area contributed by atoms with E-state index >= 15 is 52.7 Å². The van der Waals surface area contributed by atoms with E-state index in [-0.39, 0.29) is 51.9 Å². The highest BCUT2D eigenvalue weighted by Crippen LogP contribution is 2.46. The number of rotatable bonds is 7. The molecule has 388 valence electrons. The molecular weight excluding hydrogens is 1060 g/mol. The molecule has 7 heterocycles. The predicted molar refractivity (Wildman–Crippen MR) is 237 cm³/mol. The van der Waals surface area contributed by atoms with Crippen molar-refractivity contribution in [1.29, 1.82) is 0 Å². The summed E-state index contributed by atoms with van der Waals surface area (Å²) < 4.78 is 295. The molecule has 3 aliphatic heterocycles. The van der Waals surface area contributed by atoms with Crippen molar-refractivity contribution in [3.05, 3.63) is 129 Å². The maximum absolute atomic E-state index is 16.4. The molecule has 8 bridgehead atoms. The Morgan fingerprint density at radius 3 is 1.14 bits per heavy atom. The van der Waals surface area contributed by atoms with E-state index in [1.807, 2.05) is 0 Å². The van der Waals surface area contributed by atoms with Gasteiger partial charge in [-0.25, -0.2) is 87.7 Å². The third-order valence-corrected chi connectivity index (χ3v) is 16.8. The van der Waals surface area contributed by atoms with Crippen LogP contribution in [0.4, 0.5) is 65.9 Å². The molecule has 3 N–H and O–H groups in total. The summed E-state index contributed by atoms with van der Waals surface area (Å²) in [5.41, 5.74) is -16.9. The standard InChI is InChI=1S/C47H29F15N6O4S2/c48-31-28(32(49)38(55)43(60)37(31)54)25-17-7-9-19(63-17)26(29-33(50)39(56)44(61)40(57)34(29)51)46-23(73(69,70)67-11-3-1-4-12-67)15-21(65-46)22-16-24(74(71,72)68-13-5-2-6-14-68)47(66-22)27(20-10-8-18(25)64-20)30-35(52)41(58)45(62)42(59)36(30)53/h7-10,15-16,63-65H,1-6,11-14H2. The Bertz CT molecular complexity index is 3910. The van der Waals surface area contributed by atoms with Crippen molar-refractivity contribution in [3.8, 4) is 33.4 Å². The summed E-state index contributed by atoms with van der Waals surface area (Å²) in [6.07, 6.45) is 2.59. The molecule has 0 unspecified atom stereocenters. The highest BCUT2D eigenvalue weighted by atomic mass is 32.2. The number of nitrogens with zero attached hydrogens (tertiary/aromatic N) is 3. The van der Waals surface area contributed by atoms with Gasteiger partial charge in [-0.15, -0.1) is 0 Å². The fourth-order valence-corrected chi connectivity index (χ4v) is 12.8.